The molecule has 5 heterocycles. The summed E-state index contributed by atoms with van der Waals surface area (Å²) in [7, 11) is 1.87. The van der Waals surface area contributed by atoms with E-state index < -0.39 is 6.10 Å². The number of aliphatic hydroxyl groups is 1. The Hall–Kier alpha value is -3.17. The summed E-state index contributed by atoms with van der Waals surface area (Å²) in [6.07, 6.45) is 11.6. The Labute approximate surface area is 208 Å². The van der Waals surface area contributed by atoms with Gasteiger partial charge in [0.25, 0.3) is 0 Å². The van der Waals surface area contributed by atoms with E-state index in [4.69, 9.17) is 11.6 Å². The van der Waals surface area contributed by atoms with Gasteiger partial charge < -0.3 is 19.6 Å². The number of nitrogens with zero attached hydrogens (tertiary/aromatic N) is 7. The van der Waals surface area contributed by atoms with E-state index >= 15 is 0 Å². The van der Waals surface area contributed by atoms with Crippen LogP contribution in [-0.4, -0.2) is 39.2 Å². The molecule has 4 aromatic rings. The fraction of sp³-hybridized carbons (Fsp3) is 0.440. The summed E-state index contributed by atoms with van der Waals surface area (Å²) >= 11 is 6.59. The van der Waals surface area contributed by atoms with Crippen molar-refractivity contribution in [3.8, 4) is 22.6 Å². The van der Waals surface area contributed by atoms with Crippen molar-refractivity contribution in [3.63, 3.8) is 0 Å². The number of anilines is 2. The average molecular weight is 493 g/mol. The third-order valence-corrected chi connectivity index (χ3v) is 7.59. The van der Waals surface area contributed by atoms with Gasteiger partial charge in [0.1, 0.15) is 17.7 Å². The lowest BCUT2D eigenvalue weighted by molar-refractivity contribution is 0.0736. The molecule has 1 fully saturated rings. The van der Waals surface area contributed by atoms with Crippen molar-refractivity contribution < 1.29 is 5.11 Å². The monoisotopic (exact) mass is 492 g/mol. The van der Waals surface area contributed by atoms with Crippen LogP contribution in [0.3, 0.4) is 0 Å². The number of aliphatic hydroxyl groups excluding tert-OH is 1. The number of nitrogens with one attached hydrogen (secondary N) is 1. The van der Waals surface area contributed by atoms with Crippen LogP contribution in [0.25, 0.3) is 22.6 Å². The van der Waals surface area contributed by atoms with Crippen LogP contribution >= 0.6 is 11.6 Å². The van der Waals surface area contributed by atoms with E-state index in [1.807, 2.05) is 19.2 Å². The van der Waals surface area contributed by atoms with Gasteiger partial charge in [0.2, 0.25) is 0 Å². The summed E-state index contributed by atoms with van der Waals surface area (Å²) in [6, 6.07) is 5.95. The van der Waals surface area contributed by atoms with Gasteiger partial charge in [0, 0.05) is 49.7 Å². The van der Waals surface area contributed by atoms with E-state index in [2.05, 4.69) is 47.0 Å². The zero-order valence-electron chi connectivity index (χ0n) is 19.7. The molecule has 6 rings (SSSR count). The van der Waals surface area contributed by atoms with Crippen molar-refractivity contribution >= 4 is 23.2 Å². The van der Waals surface area contributed by atoms with Gasteiger partial charge in [-0.2, -0.15) is 5.10 Å². The predicted molar refractivity (Wildman–Crippen MR) is 134 cm³/mol. The van der Waals surface area contributed by atoms with Gasteiger partial charge in [0.15, 0.2) is 11.6 Å². The topological polar surface area (TPSA) is 98.6 Å². The third kappa shape index (κ3) is 4.12. The van der Waals surface area contributed by atoms with Crippen LogP contribution in [0.15, 0.2) is 36.8 Å². The summed E-state index contributed by atoms with van der Waals surface area (Å²) in [4.78, 5) is 4.44. The Morgan fingerprint density at radius 1 is 1.11 bits per heavy atom. The summed E-state index contributed by atoms with van der Waals surface area (Å²) in [5.41, 5.74) is 2.87. The minimum atomic E-state index is -0.562. The van der Waals surface area contributed by atoms with Gasteiger partial charge in [0.05, 0.1) is 16.9 Å². The second-order valence-electron chi connectivity index (χ2n) is 9.55. The molecule has 1 saturated carbocycles. The Morgan fingerprint density at radius 3 is 2.77 bits per heavy atom. The van der Waals surface area contributed by atoms with Crippen molar-refractivity contribution in [1.82, 2.24) is 34.1 Å². The molecule has 9 nitrogen and oxygen atoms in total. The van der Waals surface area contributed by atoms with Gasteiger partial charge >= 0.3 is 0 Å². The van der Waals surface area contributed by atoms with E-state index in [0.29, 0.717) is 16.7 Å². The quantitative estimate of drug-likeness (QED) is 0.408. The van der Waals surface area contributed by atoms with Crippen LogP contribution in [-0.2, 0) is 20.1 Å². The Kier molecular flexibility index (Phi) is 5.82. The molecule has 0 saturated heterocycles. The molecule has 0 bridgehead atoms. The summed E-state index contributed by atoms with van der Waals surface area (Å²) < 4.78 is 6.08. The van der Waals surface area contributed by atoms with Crippen LogP contribution < -0.4 is 5.32 Å². The molecule has 0 amide bonds. The first-order valence-corrected chi connectivity index (χ1v) is 12.7. The molecule has 0 unspecified atom stereocenters. The molecule has 182 valence electrons. The molecule has 2 N–H and O–H groups in total. The second-order valence-corrected chi connectivity index (χ2v) is 9.96. The molecule has 0 aromatic carbocycles. The largest absolute Gasteiger partial charge is 0.385 e. The summed E-state index contributed by atoms with van der Waals surface area (Å²) in [6.45, 7) is 1.66. The molecule has 0 spiro atoms. The number of halogens is 1. The van der Waals surface area contributed by atoms with Crippen molar-refractivity contribution in [2.24, 2.45) is 13.0 Å². The first-order valence-electron chi connectivity index (χ1n) is 12.3. The predicted octanol–water partition coefficient (Wildman–Crippen LogP) is 4.96. The molecule has 10 heteroatoms. The van der Waals surface area contributed by atoms with Gasteiger partial charge in [-0.3, -0.25) is 4.68 Å². The summed E-state index contributed by atoms with van der Waals surface area (Å²) in [5, 5.41) is 28.2. The van der Waals surface area contributed by atoms with Crippen LogP contribution in [0.4, 0.5) is 11.6 Å². The number of hydrogen-bond donors (Lipinski definition) is 2. The first-order chi connectivity index (χ1) is 17.1. The SMILES string of the molecule is Cn1nccc1Nc1cc(-c2cc3n(c2)CCCn2c-3nnc2[C@H](O)C2CCCCC2)c(Cl)cn1. The molecule has 2 aliphatic rings. The highest BCUT2D eigenvalue weighted by atomic mass is 35.5. The fourth-order valence-electron chi connectivity index (χ4n) is 5.39. The highest BCUT2D eigenvalue weighted by Crippen LogP contribution is 2.38. The van der Waals surface area contributed by atoms with E-state index in [0.717, 1.165) is 60.8 Å². The zero-order chi connectivity index (χ0) is 23.9. The van der Waals surface area contributed by atoms with E-state index in [1.165, 1.54) is 19.3 Å². The molecule has 4 aromatic heterocycles. The normalized spacial score (nSPS) is 17.0. The lowest BCUT2D eigenvalue weighted by Crippen LogP contribution is -2.20. The van der Waals surface area contributed by atoms with Crippen LogP contribution in [0.5, 0.6) is 0 Å². The minimum Gasteiger partial charge on any atom is -0.385 e. The maximum Gasteiger partial charge on any atom is 0.180 e. The molecular formula is C25H29ClN8O. The molecule has 1 atom stereocenters. The summed E-state index contributed by atoms with van der Waals surface area (Å²) in [5.74, 6) is 3.30. The van der Waals surface area contributed by atoms with E-state index in [-0.39, 0.29) is 5.92 Å². The minimum absolute atomic E-state index is 0.267. The molecular weight excluding hydrogens is 464 g/mol. The molecule has 1 aliphatic carbocycles. The van der Waals surface area contributed by atoms with E-state index in [1.54, 1.807) is 17.1 Å². The molecule has 0 radical (unpaired) electrons. The van der Waals surface area contributed by atoms with Gasteiger partial charge in [-0.25, -0.2) is 4.98 Å². The smallest absolute Gasteiger partial charge is 0.180 e. The number of fused-ring (bicyclic) bond motifs is 3. The Balaban J connectivity index is 1.34. The van der Waals surface area contributed by atoms with Gasteiger partial charge in [-0.15, -0.1) is 10.2 Å². The fourth-order valence-corrected chi connectivity index (χ4v) is 5.60. The van der Waals surface area contributed by atoms with E-state index in [9.17, 15) is 5.11 Å². The van der Waals surface area contributed by atoms with Crippen molar-refractivity contribution in [2.45, 2.75) is 57.7 Å². The number of rotatable bonds is 5. The average Bonchev–Trinajstić information content (AvgIpc) is 3.57. The number of aromatic nitrogens is 7. The maximum atomic E-state index is 11.1. The highest BCUT2D eigenvalue weighted by Gasteiger charge is 2.30. The van der Waals surface area contributed by atoms with Crippen LogP contribution in [0.2, 0.25) is 5.02 Å². The second kappa shape index (κ2) is 9.13. The molecule has 1 aliphatic heterocycles. The lowest BCUT2D eigenvalue weighted by atomic mass is 9.85. The standard InChI is InChI=1S/C25H29ClN8O/c1-32-22(8-9-28-32)29-21-13-18(19(26)14-27-21)17-12-20-24-30-31-25(23(35)16-6-3-2-4-7-16)34(24)11-5-10-33(20)15-17/h8-9,12-16,23,35H,2-7,10-11H2,1H3,(H,27,29)/t23-/m1/s1. The Morgan fingerprint density at radius 2 is 1.97 bits per heavy atom. The molecule has 35 heavy (non-hydrogen) atoms. The number of aryl methyl sites for hydroxylation is 2. The van der Waals surface area contributed by atoms with Crippen molar-refractivity contribution in [3.05, 3.63) is 47.6 Å². The number of pyridine rings is 1. The van der Waals surface area contributed by atoms with Gasteiger partial charge in [-0.05, 0) is 37.3 Å². The first kappa shape index (κ1) is 22.3. The van der Waals surface area contributed by atoms with Gasteiger partial charge in [-0.1, -0.05) is 30.9 Å². The highest BCUT2D eigenvalue weighted by molar-refractivity contribution is 6.33. The van der Waals surface area contributed by atoms with Crippen LogP contribution in [0.1, 0.15) is 50.5 Å². The van der Waals surface area contributed by atoms with Crippen molar-refractivity contribution in [2.75, 3.05) is 5.32 Å². The maximum absolute atomic E-state index is 11.1. The van der Waals surface area contributed by atoms with Crippen LogP contribution in [0, 0.1) is 5.92 Å². The zero-order valence-corrected chi connectivity index (χ0v) is 20.5. The number of hydrogen-bond acceptors (Lipinski definition) is 6. The Bertz CT molecular complexity index is 1350. The third-order valence-electron chi connectivity index (χ3n) is 7.29. The lowest BCUT2D eigenvalue weighted by Gasteiger charge is -2.26. The van der Waals surface area contributed by atoms with Crippen molar-refractivity contribution in [1.29, 1.82) is 0 Å².